The van der Waals surface area contributed by atoms with Gasteiger partial charge in [-0.2, -0.15) is 0 Å². The van der Waals surface area contributed by atoms with Crippen molar-refractivity contribution in [2.75, 3.05) is 6.54 Å². The molecule has 0 radical (unpaired) electrons. The highest BCUT2D eigenvalue weighted by Crippen LogP contribution is 2.30. The quantitative estimate of drug-likeness (QED) is 0.660. The van der Waals surface area contributed by atoms with Crippen molar-refractivity contribution in [3.8, 4) is 0 Å². The lowest BCUT2D eigenvalue weighted by Gasteiger charge is -2.21. The highest BCUT2D eigenvalue weighted by molar-refractivity contribution is 4.85. The Labute approximate surface area is 70.6 Å². The molecule has 66 valence electrons. The van der Waals surface area contributed by atoms with E-state index in [0.717, 1.165) is 17.9 Å². The molecule has 1 N–H and O–H groups in total. The maximum absolute atomic E-state index is 3.63. The topological polar surface area (TPSA) is 12.0 Å². The lowest BCUT2D eigenvalue weighted by atomic mass is 10.0. The molecular formula is C10H21N. The molecule has 1 nitrogen and oxygen atoms in total. The molecule has 0 spiro atoms. The first kappa shape index (κ1) is 9.05. The Morgan fingerprint density at radius 3 is 2.18 bits per heavy atom. The smallest absolute Gasteiger partial charge is 0.0118 e. The van der Waals surface area contributed by atoms with E-state index in [2.05, 4.69) is 26.1 Å². The molecule has 11 heavy (non-hydrogen) atoms. The van der Waals surface area contributed by atoms with E-state index < -0.39 is 0 Å². The molecule has 1 aliphatic rings. The van der Waals surface area contributed by atoms with E-state index in [4.69, 9.17) is 0 Å². The molecule has 0 amide bonds. The Kier molecular flexibility index (Phi) is 3.38. The second-order valence-electron chi connectivity index (χ2n) is 4.01. The van der Waals surface area contributed by atoms with E-state index in [1.807, 2.05) is 0 Å². The van der Waals surface area contributed by atoms with Gasteiger partial charge in [0, 0.05) is 6.04 Å². The first-order chi connectivity index (χ1) is 5.25. The molecule has 2 unspecified atom stereocenters. The van der Waals surface area contributed by atoms with Crippen LogP contribution in [0.2, 0.25) is 0 Å². The van der Waals surface area contributed by atoms with E-state index >= 15 is 0 Å². The van der Waals surface area contributed by atoms with Crippen LogP contribution < -0.4 is 5.32 Å². The van der Waals surface area contributed by atoms with Crippen LogP contribution in [0, 0.1) is 11.8 Å². The van der Waals surface area contributed by atoms with Gasteiger partial charge in [-0.25, -0.2) is 0 Å². The molecule has 0 aromatic rings. The number of hydrogen-bond acceptors (Lipinski definition) is 1. The fourth-order valence-corrected chi connectivity index (χ4v) is 2.16. The molecule has 0 heterocycles. The van der Waals surface area contributed by atoms with Crippen LogP contribution in [0.25, 0.3) is 0 Å². The van der Waals surface area contributed by atoms with Gasteiger partial charge in [-0.1, -0.05) is 20.8 Å². The SMILES string of the molecule is CCCNC1C(C)CCC1C. The zero-order chi connectivity index (χ0) is 8.27. The third-order valence-electron chi connectivity index (χ3n) is 2.93. The van der Waals surface area contributed by atoms with Crippen molar-refractivity contribution >= 4 is 0 Å². The normalized spacial score (nSPS) is 37.9. The van der Waals surface area contributed by atoms with E-state index in [-0.39, 0.29) is 0 Å². The second kappa shape index (κ2) is 4.10. The van der Waals surface area contributed by atoms with Crippen LogP contribution in [-0.4, -0.2) is 12.6 Å². The van der Waals surface area contributed by atoms with Crippen molar-refractivity contribution in [2.24, 2.45) is 11.8 Å². The van der Waals surface area contributed by atoms with Crippen molar-refractivity contribution in [1.82, 2.24) is 5.32 Å². The van der Waals surface area contributed by atoms with Gasteiger partial charge < -0.3 is 5.32 Å². The Morgan fingerprint density at radius 1 is 1.18 bits per heavy atom. The third-order valence-corrected chi connectivity index (χ3v) is 2.93. The Morgan fingerprint density at radius 2 is 1.73 bits per heavy atom. The number of rotatable bonds is 3. The van der Waals surface area contributed by atoms with Crippen molar-refractivity contribution in [3.05, 3.63) is 0 Å². The average molecular weight is 155 g/mol. The van der Waals surface area contributed by atoms with Gasteiger partial charge in [-0.3, -0.25) is 0 Å². The van der Waals surface area contributed by atoms with Gasteiger partial charge in [0.25, 0.3) is 0 Å². The molecule has 0 aromatic heterocycles. The van der Waals surface area contributed by atoms with Gasteiger partial charge in [0.2, 0.25) is 0 Å². The van der Waals surface area contributed by atoms with E-state index in [1.165, 1.54) is 25.8 Å². The molecule has 2 atom stereocenters. The van der Waals surface area contributed by atoms with Gasteiger partial charge in [0.15, 0.2) is 0 Å². The molecule has 1 heteroatoms. The van der Waals surface area contributed by atoms with Crippen molar-refractivity contribution < 1.29 is 0 Å². The summed E-state index contributed by atoms with van der Waals surface area (Å²) in [4.78, 5) is 0. The van der Waals surface area contributed by atoms with Crippen LogP contribution in [0.3, 0.4) is 0 Å². The van der Waals surface area contributed by atoms with Gasteiger partial charge in [-0.15, -0.1) is 0 Å². The first-order valence-corrected chi connectivity index (χ1v) is 4.99. The van der Waals surface area contributed by atoms with Crippen LogP contribution in [0.1, 0.15) is 40.0 Å². The van der Waals surface area contributed by atoms with E-state index in [1.54, 1.807) is 0 Å². The number of nitrogens with one attached hydrogen (secondary N) is 1. The molecule has 1 aliphatic carbocycles. The maximum atomic E-state index is 3.63. The Hall–Kier alpha value is -0.0400. The highest BCUT2D eigenvalue weighted by atomic mass is 14.9. The molecule has 1 rings (SSSR count). The molecular weight excluding hydrogens is 134 g/mol. The van der Waals surface area contributed by atoms with Crippen molar-refractivity contribution in [3.63, 3.8) is 0 Å². The lowest BCUT2D eigenvalue weighted by Crippen LogP contribution is -2.35. The summed E-state index contributed by atoms with van der Waals surface area (Å²) in [5.74, 6) is 1.80. The van der Waals surface area contributed by atoms with E-state index in [9.17, 15) is 0 Å². The maximum Gasteiger partial charge on any atom is 0.0118 e. The molecule has 0 aromatic carbocycles. The van der Waals surface area contributed by atoms with E-state index in [0.29, 0.717) is 0 Å². The molecule has 1 saturated carbocycles. The Balaban J connectivity index is 2.29. The fraction of sp³-hybridized carbons (Fsp3) is 1.00. The summed E-state index contributed by atoms with van der Waals surface area (Å²) in [7, 11) is 0. The minimum atomic E-state index is 0.801. The molecule has 0 aliphatic heterocycles. The van der Waals surface area contributed by atoms with Crippen LogP contribution >= 0.6 is 0 Å². The van der Waals surface area contributed by atoms with Crippen LogP contribution in [0.4, 0.5) is 0 Å². The minimum Gasteiger partial charge on any atom is -0.313 e. The monoisotopic (exact) mass is 155 g/mol. The molecule has 0 saturated heterocycles. The third kappa shape index (κ3) is 2.19. The minimum absolute atomic E-state index is 0.801. The highest BCUT2D eigenvalue weighted by Gasteiger charge is 2.28. The van der Waals surface area contributed by atoms with Crippen molar-refractivity contribution in [1.29, 1.82) is 0 Å². The summed E-state index contributed by atoms with van der Waals surface area (Å²) < 4.78 is 0. The van der Waals surface area contributed by atoms with Crippen LogP contribution in [0.5, 0.6) is 0 Å². The second-order valence-corrected chi connectivity index (χ2v) is 4.01. The predicted octanol–water partition coefficient (Wildman–Crippen LogP) is 2.42. The zero-order valence-corrected chi connectivity index (χ0v) is 8.06. The average Bonchev–Trinajstić information content (AvgIpc) is 2.29. The van der Waals surface area contributed by atoms with Gasteiger partial charge in [0.1, 0.15) is 0 Å². The summed E-state index contributed by atoms with van der Waals surface area (Å²) >= 11 is 0. The van der Waals surface area contributed by atoms with Crippen LogP contribution in [-0.2, 0) is 0 Å². The fourth-order valence-electron chi connectivity index (χ4n) is 2.16. The first-order valence-electron chi connectivity index (χ1n) is 4.99. The summed E-state index contributed by atoms with van der Waals surface area (Å²) in [6.45, 7) is 8.17. The largest absolute Gasteiger partial charge is 0.313 e. The summed E-state index contributed by atoms with van der Waals surface area (Å²) in [6, 6.07) is 0.801. The molecule has 0 bridgehead atoms. The number of hydrogen-bond donors (Lipinski definition) is 1. The van der Waals surface area contributed by atoms with Crippen molar-refractivity contribution in [2.45, 2.75) is 46.1 Å². The Bertz CT molecular complexity index is 101. The predicted molar refractivity (Wildman–Crippen MR) is 49.6 cm³/mol. The molecule has 1 fully saturated rings. The standard InChI is InChI=1S/C10H21N/c1-4-7-11-10-8(2)5-6-9(10)3/h8-11H,4-7H2,1-3H3. The summed E-state index contributed by atoms with van der Waals surface area (Å²) in [5, 5.41) is 3.63. The van der Waals surface area contributed by atoms with Gasteiger partial charge in [0.05, 0.1) is 0 Å². The zero-order valence-electron chi connectivity index (χ0n) is 8.06. The summed E-state index contributed by atoms with van der Waals surface area (Å²) in [6.07, 6.45) is 4.10. The summed E-state index contributed by atoms with van der Waals surface area (Å²) in [5.41, 5.74) is 0. The van der Waals surface area contributed by atoms with Crippen LogP contribution in [0.15, 0.2) is 0 Å². The lowest BCUT2D eigenvalue weighted by molar-refractivity contribution is 0.368. The van der Waals surface area contributed by atoms with Gasteiger partial charge in [-0.05, 0) is 37.6 Å². The van der Waals surface area contributed by atoms with Gasteiger partial charge >= 0.3 is 0 Å².